The van der Waals surface area contributed by atoms with Gasteiger partial charge in [0.1, 0.15) is 0 Å². The first-order chi connectivity index (χ1) is 11.8. The number of aliphatic imine (C=N–C) groups is 1. The minimum Gasteiger partial charge on any atom is -0.366 e. The first-order valence-corrected chi connectivity index (χ1v) is 7.98. The lowest BCUT2D eigenvalue weighted by atomic mass is 10.0. The number of aromatic nitrogens is 2. The number of amidine groups is 1. The Morgan fingerprint density at radius 2 is 2.12 bits per heavy atom. The van der Waals surface area contributed by atoms with Crippen LogP contribution < -0.4 is 10.2 Å². The highest BCUT2D eigenvalue weighted by molar-refractivity contribution is 5.92. The molecule has 0 saturated heterocycles. The van der Waals surface area contributed by atoms with Crippen molar-refractivity contribution in [2.45, 2.75) is 26.4 Å². The molecule has 0 bridgehead atoms. The quantitative estimate of drug-likeness (QED) is 0.641. The molecule has 2 N–H and O–H groups in total. The molecule has 0 unspecified atom stereocenters. The van der Waals surface area contributed by atoms with Crippen molar-refractivity contribution in [2.24, 2.45) is 4.99 Å². The largest absolute Gasteiger partial charge is 0.416 e. The van der Waals surface area contributed by atoms with Crippen LogP contribution >= 0.6 is 0 Å². The molecule has 0 amide bonds. The van der Waals surface area contributed by atoms with Crippen molar-refractivity contribution in [3.8, 4) is 0 Å². The number of nitrogens with one attached hydrogen (secondary N) is 2. The third-order valence-corrected chi connectivity index (χ3v) is 4.45. The number of hydrogen-bond acceptors (Lipinski definition) is 3. The summed E-state index contributed by atoms with van der Waals surface area (Å²) in [6.45, 7) is 5.05. The first-order valence-electron chi connectivity index (χ1n) is 7.98. The summed E-state index contributed by atoms with van der Waals surface area (Å²) in [4.78, 5) is 6.05. The fourth-order valence-corrected chi connectivity index (χ4v) is 3.03. The summed E-state index contributed by atoms with van der Waals surface area (Å²) in [7, 11) is 1.71. The molecule has 0 aliphatic carbocycles. The normalized spacial score (nSPS) is 16.7. The number of anilines is 1. The molecule has 0 radical (unpaired) electrons. The summed E-state index contributed by atoms with van der Waals surface area (Å²) < 4.78 is 39.6. The highest BCUT2D eigenvalue weighted by Crippen LogP contribution is 2.37. The van der Waals surface area contributed by atoms with Crippen molar-refractivity contribution in [3.05, 3.63) is 35.2 Å². The number of rotatable bonds is 2. The van der Waals surface area contributed by atoms with Crippen molar-refractivity contribution in [2.75, 3.05) is 25.0 Å². The van der Waals surface area contributed by atoms with E-state index >= 15 is 0 Å². The van der Waals surface area contributed by atoms with Crippen molar-refractivity contribution in [3.63, 3.8) is 0 Å². The van der Waals surface area contributed by atoms with E-state index in [0.29, 0.717) is 36.1 Å². The van der Waals surface area contributed by atoms with Gasteiger partial charge in [-0.2, -0.15) is 18.3 Å². The lowest BCUT2D eigenvalue weighted by molar-refractivity contribution is -0.137. The first kappa shape index (κ1) is 17.3. The number of H-pyrrole nitrogens is 1. The molecule has 8 heteroatoms. The lowest BCUT2D eigenvalue weighted by Crippen LogP contribution is -2.35. The van der Waals surface area contributed by atoms with Gasteiger partial charge in [0.05, 0.1) is 23.1 Å². The van der Waals surface area contributed by atoms with Gasteiger partial charge in [-0.1, -0.05) is 0 Å². The number of alkyl halides is 3. The number of fused-ring (bicyclic) bond motifs is 1. The van der Waals surface area contributed by atoms with Crippen LogP contribution in [0.1, 0.15) is 25.8 Å². The maximum Gasteiger partial charge on any atom is 0.416 e. The Morgan fingerprint density at radius 1 is 1.36 bits per heavy atom. The molecular formula is C17H20F3N5. The van der Waals surface area contributed by atoms with Gasteiger partial charge in [0, 0.05) is 43.3 Å². The third kappa shape index (κ3) is 3.47. The lowest BCUT2D eigenvalue weighted by Gasteiger charge is -2.32. The van der Waals surface area contributed by atoms with Crippen LogP contribution in [0.4, 0.5) is 18.9 Å². The van der Waals surface area contributed by atoms with Crippen LogP contribution in [0.15, 0.2) is 34.6 Å². The van der Waals surface area contributed by atoms with Gasteiger partial charge in [-0.05, 0) is 31.6 Å². The predicted molar refractivity (Wildman–Crippen MR) is 92.8 cm³/mol. The number of nitrogens with zero attached hydrogens (tertiary/aromatic N) is 3. The molecule has 3 rings (SSSR count). The summed E-state index contributed by atoms with van der Waals surface area (Å²) in [5.41, 5.74) is 2.44. The zero-order valence-electron chi connectivity index (χ0n) is 14.3. The van der Waals surface area contributed by atoms with Crippen LogP contribution in [0.3, 0.4) is 0 Å². The Labute approximate surface area is 143 Å². The SMILES string of the molecule is CN=C(C)NC1=C(C)CN(c2cc(C(F)(F)F)cc3[nH]ncc23)CC1. The number of hydrogen-bond donors (Lipinski definition) is 2. The average molecular weight is 351 g/mol. The van der Waals surface area contributed by atoms with Crippen molar-refractivity contribution >= 4 is 22.4 Å². The topological polar surface area (TPSA) is 56.3 Å². The standard InChI is InChI=1S/C17H20F3N5/c1-10-9-25(5-4-14(10)23-11(2)21-3)16-7-12(17(18,19)20)6-15-13(16)8-22-24-15/h6-8H,4-5,9H2,1-3H3,(H,21,23)(H,22,24). The molecule has 1 aromatic carbocycles. The summed E-state index contributed by atoms with van der Waals surface area (Å²) >= 11 is 0. The van der Waals surface area contributed by atoms with E-state index in [1.165, 1.54) is 6.07 Å². The molecule has 0 saturated carbocycles. The molecule has 0 spiro atoms. The van der Waals surface area contributed by atoms with Crippen LogP contribution in [-0.4, -0.2) is 36.2 Å². The fraction of sp³-hybridized carbons (Fsp3) is 0.412. The summed E-state index contributed by atoms with van der Waals surface area (Å²) in [5, 5.41) is 10.5. The smallest absolute Gasteiger partial charge is 0.366 e. The second-order valence-electron chi connectivity index (χ2n) is 6.19. The zero-order chi connectivity index (χ0) is 18.2. The number of benzene rings is 1. The van der Waals surface area contributed by atoms with E-state index in [4.69, 9.17) is 0 Å². The van der Waals surface area contributed by atoms with Crippen LogP contribution in [0.5, 0.6) is 0 Å². The molecule has 2 aromatic rings. The van der Waals surface area contributed by atoms with Gasteiger partial charge >= 0.3 is 6.18 Å². The van der Waals surface area contributed by atoms with Crippen molar-refractivity contribution in [1.82, 2.24) is 15.5 Å². The Hall–Kier alpha value is -2.51. The van der Waals surface area contributed by atoms with Crippen LogP contribution in [-0.2, 0) is 6.18 Å². The Kier molecular flexibility index (Phi) is 4.45. The molecule has 0 atom stereocenters. The highest BCUT2D eigenvalue weighted by Gasteiger charge is 2.32. The molecular weight excluding hydrogens is 331 g/mol. The second-order valence-corrected chi connectivity index (χ2v) is 6.19. The Morgan fingerprint density at radius 3 is 2.76 bits per heavy atom. The summed E-state index contributed by atoms with van der Waals surface area (Å²) in [5.74, 6) is 0.819. The van der Waals surface area contributed by atoms with Gasteiger partial charge in [-0.3, -0.25) is 10.1 Å². The fourth-order valence-electron chi connectivity index (χ4n) is 3.03. The zero-order valence-corrected chi connectivity index (χ0v) is 14.3. The van der Waals surface area contributed by atoms with Crippen molar-refractivity contribution in [1.29, 1.82) is 0 Å². The molecule has 134 valence electrons. The van der Waals surface area contributed by atoms with E-state index in [-0.39, 0.29) is 0 Å². The van der Waals surface area contributed by atoms with Gasteiger partial charge in [0.25, 0.3) is 0 Å². The van der Waals surface area contributed by atoms with Crippen molar-refractivity contribution < 1.29 is 13.2 Å². The maximum atomic E-state index is 13.2. The molecule has 1 aromatic heterocycles. The molecule has 25 heavy (non-hydrogen) atoms. The van der Waals surface area contributed by atoms with E-state index < -0.39 is 11.7 Å². The van der Waals surface area contributed by atoms with Crippen LogP contribution in [0.25, 0.3) is 10.9 Å². The van der Waals surface area contributed by atoms with Gasteiger partial charge in [0.15, 0.2) is 0 Å². The molecule has 5 nitrogen and oxygen atoms in total. The Balaban J connectivity index is 1.96. The van der Waals surface area contributed by atoms with Gasteiger partial charge in [0.2, 0.25) is 0 Å². The van der Waals surface area contributed by atoms with Crippen LogP contribution in [0.2, 0.25) is 0 Å². The molecule has 1 aliphatic rings. The molecule has 0 fully saturated rings. The summed E-state index contributed by atoms with van der Waals surface area (Å²) in [6.07, 6.45) is -2.10. The number of aromatic amines is 1. The third-order valence-electron chi connectivity index (χ3n) is 4.45. The minimum atomic E-state index is -4.39. The highest BCUT2D eigenvalue weighted by atomic mass is 19.4. The van der Waals surface area contributed by atoms with E-state index in [0.717, 1.165) is 23.2 Å². The predicted octanol–water partition coefficient (Wildman–Crippen LogP) is 3.70. The van der Waals surface area contributed by atoms with E-state index in [1.54, 1.807) is 13.2 Å². The van der Waals surface area contributed by atoms with E-state index in [2.05, 4.69) is 20.5 Å². The average Bonchev–Trinajstić information content (AvgIpc) is 3.03. The van der Waals surface area contributed by atoms with E-state index in [1.807, 2.05) is 18.7 Å². The van der Waals surface area contributed by atoms with Gasteiger partial charge in [-0.25, -0.2) is 0 Å². The number of halogens is 3. The monoisotopic (exact) mass is 351 g/mol. The summed E-state index contributed by atoms with van der Waals surface area (Å²) in [6, 6.07) is 2.31. The second kappa shape index (κ2) is 6.42. The van der Waals surface area contributed by atoms with E-state index in [9.17, 15) is 13.2 Å². The van der Waals surface area contributed by atoms with Crippen LogP contribution in [0, 0.1) is 0 Å². The maximum absolute atomic E-state index is 13.2. The molecule has 1 aliphatic heterocycles. The van der Waals surface area contributed by atoms with Gasteiger partial charge in [-0.15, -0.1) is 0 Å². The minimum absolute atomic E-state index is 0.393. The molecule has 2 heterocycles. The van der Waals surface area contributed by atoms with Gasteiger partial charge < -0.3 is 10.2 Å². The Bertz CT molecular complexity index is 848.